The predicted octanol–water partition coefficient (Wildman–Crippen LogP) is 0.459. The molecule has 0 unspecified atom stereocenters. The Morgan fingerprint density at radius 3 is 2.88 bits per heavy atom. The van der Waals surface area contributed by atoms with E-state index in [0.717, 1.165) is 0 Å². The average Bonchev–Trinajstić information content (AvgIpc) is 1.90. The summed E-state index contributed by atoms with van der Waals surface area (Å²) in [5.41, 5.74) is 0. The molecule has 8 heavy (non-hydrogen) atoms. The van der Waals surface area contributed by atoms with E-state index in [0.29, 0.717) is 15.0 Å². The van der Waals surface area contributed by atoms with Crippen LogP contribution in [-0.2, 0) is 0 Å². The molecule has 42 valence electrons. The van der Waals surface area contributed by atoms with Gasteiger partial charge in [0.2, 0.25) is 0 Å². The molecule has 0 aliphatic heterocycles. The van der Waals surface area contributed by atoms with Gasteiger partial charge in [0, 0.05) is 0 Å². The summed E-state index contributed by atoms with van der Waals surface area (Å²) in [5.74, 6) is 2.18. The number of aromatic nitrogens is 1. The second-order valence-electron chi connectivity index (χ2n) is 1.39. The third-order valence-electron chi connectivity index (χ3n) is 0.870. The van der Waals surface area contributed by atoms with Crippen molar-refractivity contribution in [1.29, 1.82) is 0 Å². The summed E-state index contributed by atoms with van der Waals surface area (Å²) in [7, 11) is 0. The fourth-order valence-electron chi connectivity index (χ4n) is 0.468. The molecule has 0 saturated carbocycles. The average molecular weight is 172 g/mol. The topological polar surface area (TPSA) is 12.9 Å². The quantitative estimate of drug-likeness (QED) is 0.561. The van der Waals surface area contributed by atoms with Crippen LogP contribution in [-0.4, -0.2) is 19.9 Å². The van der Waals surface area contributed by atoms with Gasteiger partial charge in [-0.1, -0.05) is 0 Å². The molecule has 0 aromatic carbocycles. The molecular weight excluding hydrogens is 165 g/mol. The first kappa shape index (κ1) is 5.80. The fourth-order valence-corrected chi connectivity index (χ4v) is 1.27. The van der Waals surface area contributed by atoms with E-state index in [-0.39, 0.29) is 0 Å². The molecule has 0 aliphatic rings. The molecule has 0 amide bonds. The predicted molar refractivity (Wildman–Crippen MR) is 35.5 cm³/mol. The van der Waals surface area contributed by atoms with Crippen LogP contribution < -0.4 is 4.46 Å². The Bertz CT molecular complexity index is 150. The van der Waals surface area contributed by atoms with Gasteiger partial charge in [0.1, 0.15) is 0 Å². The van der Waals surface area contributed by atoms with Crippen molar-refractivity contribution in [2.24, 2.45) is 0 Å². The Balaban J connectivity index is 2.83. The number of pyridine rings is 1. The van der Waals surface area contributed by atoms with Gasteiger partial charge in [0.15, 0.2) is 0 Å². The summed E-state index contributed by atoms with van der Waals surface area (Å²) in [6.45, 7) is 0. The Labute approximate surface area is 55.3 Å². The van der Waals surface area contributed by atoms with Crippen LogP contribution in [0.25, 0.3) is 0 Å². The van der Waals surface area contributed by atoms with E-state index in [4.69, 9.17) is 0 Å². The minimum atomic E-state index is 0.605. The molecular formula is C6H7NSe. The van der Waals surface area contributed by atoms with Crippen molar-refractivity contribution in [3.8, 4) is 0 Å². The molecule has 2 heteroatoms. The van der Waals surface area contributed by atoms with Crippen molar-refractivity contribution in [2.45, 2.75) is 5.82 Å². The fraction of sp³-hybridized carbons (Fsp3) is 0.167. The van der Waals surface area contributed by atoms with Gasteiger partial charge in [0.05, 0.1) is 0 Å². The first-order chi connectivity index (χ1) is 3.93. The zero-order chi connectivity index (χ0) is 5.82. The third kappa shape index (κ3) is 1.32. The van der Waals surface area contributed by atoms with E-state index in [9.17, 15) is 0 Å². The molecule has 1 rings (SSSR count). The van der Waals surface area contributed by atoms with Crippen LogP contribution in [0.4, 0.5) is 0 Å². The van der Waals surface area contributed by atoms with Crippen molar-refractivity contribution < 1.29 is 0 Å². The van der Waals surface area contributed by atoms with Crippen LogP contribution in [0.15, 0.2) is 24.5 Å². The summed E-state index contributed by atoms with van der Waals surface area (Å²) < 4.78 is 1.36. The van der Waals surface area contributed by atoms with E-state index in [1.807, 2.05) is 12.3 Å². The van der Waals surface area contributed by atoms with E-state index < -0.39 is 0 Å². The molecule has 0 fully saturated rings. The molecule has 0 N–H and O–H groups in total. The standard InChI is InChI=1S/C6H7NSe/c1-8-6-3-2-4-7-5-6/h2-5H,1H3. The zero-order valence-corrected chi connectivity index (χ0v) is 6.38. The third-order valence-corrected chi connectivity index (χ3v) is 2.37. The van der Waals surface area contributed by atoms with Crippen molar-refractivity contribution in [3.05, 3.63) is 24.5 Å². The summed E-state index contributed by atoms with van der Waals surface area (Å²) >= 11 is 0.605. The molecule has 1 aromatic rings. The van der Waals surface area contributed by atoms with E-state index in [2.05, 4.69) is 16.9 Å². The summed E-state index contributed by atoms with van der Waals surface area (Å²) in [5, 5.41) is 0. The molecule has 0 atom stereocenters. The molecule has 1 heterocycles. The molecule has 0 saturated heterocycles. The van der Waals surface area contributed by atoms with E-state index in [1.165, 1.54) is 4.46 Å². The van der Waals surface area contributed by atoms with Gasteiger partial charge in [-0.25, -0.2) is 0 Å². The summed E-state index contributed by atoms with van der Waals surface area (Å²) in [6, 6.07) is 4.08. The molecule has 0 bridgehead atoms. The van der Waals surface area contributed by atoms with Crippen LogP contribution in [0.5, 0.6) is 0 Å². The SMILES string of the molecule is C[Se]c1cccnc1. The molecule has 1 aromatic heterocycles. The second-order valence-corrected chi connectivity index (χ2v) is 3.24. The Morgan fingerprint density at radius 1 is 1.62 bits per heavy atom. The van der Waals surface area contributed by atoms with Crippen molar-refractivity contribution in [1.82, 2.24) is 4.98 Å². The number of nitrogens with zero attached hydrogens (tertiary/aromatic N) is 1. The molecule has 0 radical (unpaired) electrons. The van der Waals surface area contributed by atoms with E-state index >= 15 is 0 Å². The second kappa shape index (κ2) is 2.85. The van der Waals surface area contributed by atoms with Crippen LogP contribution in [0.2, 0.25) is 5.82 Å². The van der Waals surface area contributed by atoms with Gasteiger partial charge in [0.25, 0.3) is 0 Å². The zero-order valence-electron chi connectivity index (χ0n) is 4.66. The van der Waals surface area contributed by atoms with E-state index in [1.54, 1.807) is 6.20 Å². The monoisotopic (exact) mass is 173 g/mol. The first-order valence-corrected chi connectivity index (χ1v) is 4.94. The van der Waals surface area contributed by atoms with Gasteiger partial charge in [-0.2, -0.15) is 0 Å². The first-order valence-electron chi connectivity index (χ1n) is 2.37. The Kier molecular flexibility index (Phi) is 2.07. The molecule has 0 spiro atoms. The minimum absolute atomic E-state index is 0.605. The van der Waals surface area contributed by atoms with Gasteiger partial charge in [-0.15, -0.1) is 0 Å². The van der Waals surface area contributed by atoms with Crippen LogP contribution in [0.1, 0.15) is 0 Å². The van der Waals surface area contributed by atoms with Gasteiger partial charge in [-0.3, -0.25) is 0 Å². The summed E-state index contributed by atoms with van der Waals surface area (Å²) in [6.07, 6.45) is 3.72. The molecule has 1 nitrogen and oxygen atoms in total. The van der Waals surface area contributed by atoms with Crippen LogP contribution >= 0.6 is 0 Å². The van der Waals surface area contributed by atoms with Crippen molar-refractivity contribution in [3.63, 3.8) is 0 Å². The molecule has 0 aliphatic carbocycles. The van der Waals surface area contributed by atoms with Gasteiger partial charge in [-0.05, 0) is 0 Å². The van der Waals surface area contributed by atoms with Crippen LogP contribution in [0.3, 0.4) is 0 Å². The van der Waals surface area contributed by atoms with Crippen LogP contribution in [0, 0.1) is 0 Å². The van der Waals surface area contributed by atoms with Crippen molar-refractivity contribution in [2.75, 3.05) is 0 Å². The Hall–Kier alpha value is -0.331. The maximum atomic E-state index is 3.97. The van der Waals surface area contributed by atoms with Crippen molar-refractivity contribution >= 4 is 19.4 Å². The maximum absolute atomic E-state index is 3.97. The summed E-state index contributed by atoms with van der Waals surface area (Å²) in [4.78, 5) is 3.97. The normalized spacial score (nSPS) is 9.12. The van der Waals surface area contributed by atoms with Gasteiger partial charge < -0.3 is 0 Å². The number of hydrogen-bond donors (Lipinski definition) is 0. The Morgan fingerprint density at radius 2 is 2.50 bits per heavy atom. The van der Waals surface area contributed by atoms with Gasteiger partial charge >= 0.3 is 54.8 Å². The number of hydrogen-bond acceptors (Lipinski definition) is 1. The number of rotatable bonds is 1.